The Hall–Kier alpha value is -1.56. The van der Waals surface area contributed by atoms with Crippen LogP contribution in [0.15, 0.2) is 11.1 Å². The Kier molecular flexibility index (Phi) is 5.48. The maximum atomic E-state index is 11.5. The lowest BCUT2D eigenvalue weighted by Crippen LogP contribution is -2.24. The van der Waals surface area contributed by atoms with E-state index in [1.54, 1.807) is 0 Å². The number of rotatable bonds is 7. The second-order valence-electron chi connectivity index (χ2n) is 3.86. The molecule has 0 saturated heterocycles. The minimum Gasteiger partial charge on any atom is -0.489 e. The molecule has 0 aliphatic carbocycles. The number of methoxy groups -OCH3 is 1. The third-order valence-electron chi connectivity index (χ3n) is 2.56. The number of aromatic amines is 1. The quantitative estimate of drug-likeness (QED) is 0.672. The number of nitrogens with zero attached hydrogens (tertiary/aromatic N) is 2. The molecule has 3 N–H and O–H groups in total. The topological polar surface area (TPSA) is 84.2 Å². The Morgan fingerprint density at radius 1 is 1.47 bits per heavy atom. The van der Waals surface area contributed by atoms with Crippen LogP contribution in [-0.2, 0) is 0 Å². The van der Waals surface area contributed by atoms with Gasteiger partial charge in [0.05, 0.1) is 13.4 Å². The van der Waals surface area contributed by atoms with Gasteiger partial charge in [0.2, 0.25) is 5.75 Å². The highest BCUT2D eigenvalue weighted by molar-refractivity contribution is 5.49. The zero-order valence-electron chi connectivity index (χ0n) is 10.4. The van der Waals surface area contributed by atoms with Gasteiger partial charge < -0.3 is 20.4 Å². The number of aromatic nitrogens is 2. The van der Waals surface area contributed by atoms with Crippen molar-refractivity contribution in [3.05, 3.63) is 16.7 Å². The highest BCUT2D eigenvalue weighted by Crippen LogP contribution is 2.18. The van der Waals surface area contributed by atoms with Crippen LogP contribution in [0.5, 0.6) is 5.75 Å². The maximum Gasteiger partial charge on any atom is 0.295 e. The first kappa shape index (κ1) is 13.5. The lowest BCUT2D eigenvalue weighted by atomic mass is 10.2. The Balaban J connectivity index is 2.65. The van der Waals surface area contributed by atoms with E-state index in [0.717, 1.165) is 32.4 Å². The van der Waals surface area contributed by atoms with Crippen molar-refractivity contribution in [1.82, 2.24) is 9.97 Å². The lowest BCUT2D eigenvalue weighted by molar-refractivity contribution is 0.406. The van der Waals surface area contributed by atoms with Crippen molar-refractivity contribution in [2.24, 2.45) is 5.73 Å². The molecule has 0 aliphatic rings. The van der Waals surface area contributed by atoms with Crippen molar-refractivity contribution in [2.75, 3.05) is 32.1 Å². The molecule has 0 unspecified atom stereocenters. The normalized spacial score (nSPS) is 10.3. The fourth-order valence-electron chi connectivity index (χ4n) is 1.61. The van der Waals surface area contributed by atoms with Crippen molar-refractivity contribution in [3.8, 4) is 5.75 Å². The molecular formula is C11H20N4O2. The van der Waals surface area contributed by atoms with Crippen molar-refractivity contribution >= 4 is 5.82 Å². The zero-order chi connectivity index (χ0) is 12.7. The van der Waals surface area contributed by atoms with Crippen molar-refractivity contribution in [2.45, 2.75) is 19.3 Å². The molecule has 0 atom stereocenters. The highest BCUT2D eigenvalue weighted by Gasteiger charge is 2.12. The van der Waals surface area contributed by atoms with Gasteiger partial charge in [0.1, 0.15) is 0 Å². The first-order chi connectivity index (χ1) is 8.20. The summed E-state index contributed by atoms with van der Waals surface area (Å²) in [5, 5.41) is 0. The van der Waals surface area contributed by atoms with E-state index in [2.05, 4.69) is 9.97 Å². The van der Waals surface area contributed by atoms with Crippen molar-refractivity contribution < 1.29 is 4.74 Å². The molecule has 1 aromatic heterocycles. The number of hydrogen-bond donors (Lipinski definition) is 2. The van der Waals surface area contributed by atoms with Crippen LogP contribution in [0, 0.1) is 0 Å². The molecular weight excluding hydrogens is 220 g/mol. The van der Waals surface area contributed by atoms with E-state index in [4.69, 9.17) is 10.5 Å². The van der Waals surface area contributed by atoms with Crippen LogP contribution in [0.3, 0.4) is 0 Å². The van der Waals surface area contributed by atoms with Gasteiger partial charge in [-0.15, -0.1) is 0 Å². The summed E-state index contributed by atoms with van der Waals surface area (Å²) in [7, 11) is 3.37. The fourth-order valence-corrected chi connectivity index (χ4v) is 1.61. The third-order valence-corrected chi connectivity index (χ3v) is 2.56. The summed E-state index contributed by atoms with van der Waals surface area (Å²) in [6, 6.07) is 0. The van der Waals surface area contributed by atoms with Crippen LogP contribution in [0.1, 0.15) is 19.3 Å². The van der Waals surface area contributed by atoms with Crippen LogP contribution < -0.4 is 20.9 Å². The van der Waals surface area contributed by atoms with Gasteiger partial charge in [0.15, 0.2) is 5.82 Å². The molecule has 0 aromatic carbocycles. The number of unbranched alkanes of at least 4 members (excludes halogenated alkanes) is 2. The van der Waals surface area contributed by atoms with E-state index in [-0.39, 0.29) is 11.3 Å². The molecule has 17 heavy (non-hydrogen) atoms. The second kappa shape index (κ2) is 6.90. The van der Waals surface area contributed by atoms with E-state index in [1.165, 1.54) is 13.4 Å². The first-order valence-electron chi connectivity index (χ1n) is 5.73. The highest BCUT2D eigenvalue weighted by atomic mass is 16.5. The Labute approximate surface area is 101 Å². The predicted molar refractivity (Wildman–Crippen MR) is 67.6 cm³/mol. The van der Waals surface area contributed by atoms with Gasteiger partial charge in [-0.2, -0.15) is 0 Å². The number of nitrogens with two attached hydrogens (primary N) is 1. The van der Waals surface area contributed by atoms with Crippen molar-refractivity contribution in [1.29, 1.82) is 0 Å². The second-order valence-corrected chi connectivity index (χ2v) is 3.86. The smallest absolute Gasteiger partial charge is 0.295 e. The number of ether oxygens (including phenoxy) is 1. The maximum absolute atomic E-state index is 11.5. The SMILES string of the molecule is COc1c(N(C)CCCCCN)nc[nH]c1=O. The summed E-state index contributed by atoms with van der Waals surface area (Å²) in [5.41, 5.74) is 5.17. The van der Waals surface area contributed by atoms with Crippen LogP contribution in [-0.4, -0.2) is 37.2 Å². The molecule has 96 valence electrons. The molecule has 0 aliphatic heterocycles. The summed E-state index contributed by atoms with van der Waals surface area (Å²) in [6.45, 7) is 1.54. The third kappa shape index (κ3) is 3.74. The van der Waals surface area contributed by atoms with Gasteiger partial charge in [-0.3, -0.25) is 4.79 Å². The number of anilines is 1. The van der Waals surface area contributed by atoms with Gasteiger partial charge in [0.25, 0.3) is 5.56 Å². The molecule has 0 amide bonds. The predicted octanol–water partition coefficient (Wildman–Crippen LogP) is 0.344. The van der Waals surface area contributed by atoms with Crippen LogP contribution in [0.2, 0.25) is 0 Å². The van der Waals surface area contributed by atoms with Crippen LogP contribution >= 0.6 is 0 Å². The minimum atomic E-state index is -0.258. The monoisotopic (exact) mass is 240 g/mol. The van der Waals surface area contributed by atoms with Crippen molar-refractivity contribution in [3.63, 3.8) is 0 Å². The van der Waals surface area contributed by atoms with E-state index < -0.39 is 0 Å². The zero-order valence-corrected chi connectivity index (χ0v) is 10.4. The average molecular weight is 240 g/mol. The lowest BCUT2D eigenvalue weighted by Gasteiger charge is -2.19. The molecule has 6 heteroatoms. The van der Waals surface area contributed by atoms with E-state index >= 15 is 0 Å². The Morgan fingerprint density at radius 3 is 2.88 bits per heavy atom. The van der Waals surface area contributed by atoms with E-state index in [9.17, 15) is 4.79 Å². The molecule has 6 nitrogen and oxygen atoms in total. The van der Waals surface area contributed by atoms with E-state index in [1.807, 2.05) is 11.9 Å². The summed E-state index contributed by atoms with van der Waals surface area (Å²) < 4.78 is 5.06. The Bertz CT molecular complexity index is 391. The van der Waals surface area contributed by atoms with Crippen LogP contribution in [0.25, 0.3) is 0 Å². The Morgan fingerprint density at radius 2 is 2.24 bits per heavy atom. The molecule has 1 rings (SSSR count). The van der Waals surface area contributed by atoms with E-state index in [0.29, 0.717) is 5.82 Å². The number of H-pyrrole nitrogens is 1. The molecule has 0 spiro atoms. The van der Waals surface area contributed by atoms with Gasteiger partial charge >= 0.3 is 0 Å². The fraction of sp³-hybridized carbons (Fsp3) is 0.636. The molecule has 0 radical (unpaired) electrons. The summed E-state index contributed by atoms with van der Waals surface area (Å²) in [4.78, 5) is 20.0. The molecule has 1 aromatic rings. The first-order valence-corrected chi connectivity index (χ1v) is 5.73. The molecule has 0 bridgehead atoms. The summed E-state index contributed by atoms with van der Waals surface area (Å²) in [5.74, 6) is 0.831. The number of nitrogens with one attached hydrogen (secondary N) is 1. The summed E-state index contributed by atoms with van der Waals surface area (Å²) >= 11 is 0. The minimum absolute atomic E-state index is 0.258. The van der Waals surface area contributed by atoms with Gasteiger partial charge in [-0.1, -0.05) is 6.42 Å². The average Bonchev–Trinajstić information content (AvgIpc) is 2.34. The molecule has 0 fully saturated rings. The molecule has 1 heterocycles. The van der Waals surface area contributed by atoms with Gasteiger partial charge in [0, 0.05) is 13.6 Å². The number of hydrogen-bond acceptors (Lipinski definition) is 5. The van der Waals surface area contributed by atoms with Gasteiger partial charge in [-0.25, -0.2) is 4.98 Å². The van der Waals surface area contributed by atoms with Crippen LogP contribution in [0.4, 0.5) is 5.82 Å². The standard InChI is InChI=1S/C11H20N4O2/c1-15(7-5-3-4-6-12)10-9(17-2)11(16)14-8-13-10/h8H,3-7,12H2,1-2H3,(H,13,14,16). The summed E-state index contributed by atoms with van der Waals surface area (Å²) in [6.07, 6.45) is 4.50. The molecule has 0 saturated carbocycles. The largest absolute Gasteiger partial charge is 0.489 e. The van der Waals surface area contributed by atoms with Gasteiger partial charge in [-0.05, 0) is 19.4 Å².